The predicted octanol–water partition coefficient (Wildman–Crippen LogP) is 5.25. The highest BCUT2D eigenvalue weighted by Gasteiger charge is 2.34. The smallest absolute Gasteiger partial charge is 0.225 e. The molecular weight excluding hydrogens is 510 g/mol. The highest BCUT2D eigenvalue weighted by Crippen LogP contribution is 2.39. The number of unbranched alkanes of at least 4 members (excludes halogenated alkanes) is 1. The predicted molar refractivity (Wildman–Crippen MR) is 154 cm³/mol. The van der Waals surface area contributed by atoms with Crippen LogP contribution >= 0.6 is 0 Å². The molecule has 2 atom stereocenters. The summed E-state index contributed by atoms with van der Waals surface area (Å²) in [7, 11) is 0. The van der Waals surface area contributed by atoms with Crippen molar-refractivity contribution in [2.45, 2.75) is 68.7 Å². The van der Waals surface area contributed by atoms with Crippen LogP contribution in [-0.2, 0) is 28.0 Å². The van der Waals surface area contributed by atoms with Crippen LogP contribution in [-0.4, -0.2) is 50.7 Å². The number of hydrogen-bond donors (Lipinski definition) is 2. The van der Waals surface area contributed by atoms with Crippen molar-refractivity contribution in [1.82, 2.24) is 9.29 Å². The van der Waals surface area contributed by atoms with Crippen LogP contribution in [0.25, 0.3) is 11.3 Å². The first-order chi connectivity index (χ1) is 18.8. The molecule has 1 aromatic heterocycles. The van der Waals surface area contributed by atoms with Crippen molar-refractivity contribution in [3.05, 3.63) is 71.8 Å². The fourth-order valence-electron chi connectivity index (χ4n) is 5.30. The second-order valence-electron chi connectivity index (χ2n) is 11.1. The van der Waals surface area contributed by atoms with Crippen molar-refractivity contribution < 1.29 is 19.2 Å². The van der Waals surface area contributed by atoms with Gasteiger partial charge in [-0.3, -0.25) is 4.79 Å². The molecule has 2 aliphatic heterocycles. The maximum absolute atomic E-state index is 13.0. The largest absolute Gasteiger partial charge is 0.593 e. The van der Waals surface area contributed by atoms with Gasteiger partial charge in [-0.2, -0.15) is 0 Å². The molecule has 2 aromatic carbocycles. The molecule has 39 heavy (non-hydrogen) atoms. The average molecular weight is 548 g/mol. The van der Waals surface area contributed by atoms with Crippen LogP contribution in [0.1, 0.15) is 57.1 Å². The highest BCUT2D eigenvalue weighted by molar-refractivity contribution is 7.89. The summed E-state index contributed by atoms with van der Waals surface area (Å²) in [6.07, 6.45) is 4.92. The van der Waals surface area contributed by atoms with Crippen LogP contribution in [0.2, 0.25) is 0 Å². The average Bonchev–Trinajstić information content (AvgIpc) is 3.55. The molecule has 5 rings (SSSR count). The lowest BCUT2D eigenvalue weighted by Gasteiger charge is -2.24. The molecule has 2 N–H and O–H groups in total. The Morgan fingerprint density at radius 2 is 2.00 bits per heavy atom. The molecule has 206 valence electrons. The van der Waals surface area contributed by atoms with E-state index in [1.54, 1.807) is 6.07 Å². The summed E-state index contributed by atoms with van der Waals surface area (Å²) >= 11 is -1.30. The molecule has 0 aliphatic carbocycles. The zero-order valence-corrected chi connectivity index (χ0v) is 23.5. The number of nitrogens with zero attached hydrogens (tertiary/aromatic N) is 2. The molecule has 8 heteroatoms. The number of carbonyl (C=O) groups excluding carboxylic acids is 1. The molecule has 7 nitrogen and oxygen atoms in total. The van der Waals surface area contributed by atoms with Gasteiger partial charge in [0.25, 0.3) is 0 Å². The van der Waals surface area contributed by atoms with Crippen molar-refractivity contribution in [3.63, 3.8) is 0 Å². The molecule has 0 spiro atoms. The van der Waals surface area contributed by atoms with E-state index in [1.807, 2.05) is 40.7 Å². The summed E-state index contributed by atoms with van der Waals surface area (Å²) in [4.78, 5) is 17.9. The second kappa shape index (κ2) is 12.1. The molecule has 0 bridgehead atoms. The number of hydrogen-bond acceptors (Lipinski definition) is 6. The Bertz CT molecular complexity index is 1300. The van der Waals surface area contributed by atoms with Gasteiger partial charge in [-0.1, -0.05) is 32.0 Å². The molecule has 0 radical (unpaired) electrons. The minimum atomic E-state index is -1.30. The lowest BCUT2D eigenvalue weighted by atomic mass is 9.86. The molecule has 2 aliphatic rings. The molecule has 1 amide bonds. The number of carbonyl (C=O) groups is 1. The number of aliphatic hydroxyl groups is 1. The monoisotopic (exact) mass is 547 g/mol. The summed E-state index contributed by atoms with van der Waals surface area (Å²) in [6.45, 7) is 5.88. The Labute approximate surface area is 233 Å². The third-order valence-electron chi connectivity index (χ3n) is 7.60. The van der Waals surface area contributed by atoms with Crippen LogP contribution in [0.5, 0.6) is 5.75 Å². The van der Waals surface area contributed by atoms with Gasteiger partial charge in [-0.15, -0.1) is 4.31 Å². The maximum Gasteiger partial charge on any atom is 0.225 e. The Morgan fingerprint density at radius 1 is 1.18 bits per heavy atom. The van der Waals surface area contributed by atoms with Gasteiger partial charge < -0.3 is 19.7 Å². The third kappa shape index (κ3) is 6.47. The van der Waals surface area contributed by atoms with Crippen molar-refractivity contribution in [2.24, 2.45) is 0 Å². The SMILES string of the molecule is CC1(C)COc2ccc(CCCCC(=O)Nc3cccc(-c4ccc([S+]([O-])N5CCC[C@@H]5CO)cc4)n3)cc21. The first-order valence-electron chi connectivity index (χ1n) is 13.8. The number of fused-ring (bicyclic) bond motifs is 1. The van der Waals surface area contributed by atoms with Gasteiger partial charge in [-0.05, 0) is 80.1 Å². The summed E-state index contributed by atoms with van der Waals surface area (Å²) in [5.41, 5.74) is 4.22. The van der Waals surface area contributed by atoms with E-state index in [1.165, 1.54) is 11.1 Å². The second-order valence-corrected chi connectivity index (χ2v) is 12.5. The standard InChI is InChI=1S/C31H37N3O4S/c1-31(2)21-38-28-17-12-22(19-26(28)31)7-3-4-11-30(36)33-29-10-5-9-27(32-29)23-13-15-25(16-14-23)39(37)34-18-6-8-24(34)20-35/h5,9-10,12-17,19,24,35H,3-4,6-8,11,18,20-21H2,1-2H3,(H,32,33,36)/t24-,39?/m1/s1. The van der Waals surface area contributed by atoms with Gasteiger partial charge in [0.15, 0.2) is 4.90 Å². The topological polar surface area (TPSA) is 97.8 Å². The zero-order valence-electron chi connectivity index (χ0n) is 22.7. The number of anilines is 1. The van der Waals surface area contributed by atoms with Crippen molar-refractivity contribution in [1.29, 1.82) is 0 Å². The van der Waals surface area contributed by atoms with Gasteiger partial charge in [0.2, 0.25) is 5.91 Å². The molecule has 0 saturated carbocycles. The highest BCUT2D eigenvalue weighted by atomic mass is 32.2. The number of aliphatic hydroxyl groups excluding tert-OH is 1. The minimum absolute atomic E-state index is 0.0230. The van der Waals surface area contributed by atoms with Gasteiger partial charge in [0.1, 0.15) is 11.6 Å². The number of aromatic nitrogens is 1. The molecule has 3 heterocycles. The Morgan fingerprint density at radius 3 is 2.79 bits per heavy atom. The van der Waals surface area contributed by atoms with Gasteiger partial charge in [0.05, 0.1) is 36.3 Å². The van der Waals surface area contributed by atoms with Crippen LogP contribution in [0, 0.1) is 0 Å². The van der Waals surface area contributed by atoms with Crippen LogP contribution in [0.15, 0.2) is 65.6 Å². The Balaban J connectivity index is 1.12. The lowest BCUT2D eigenvalue weighted by Crippen LogP contribution is -2.37. The molecule has 1 fully saturated rings. The van der Waals surface area contributed by atoms with E-state index in [4.69, 9.17) is 4.74 Å². The van der Waals surface area contributed by atoms with E-state index in [-0.39, 0.29) is 24.0 Å². The van der Waals surface area contributed by atoms with Crippen LogP contribution in [0.3, 0.4) is 0 Å². The summed E-state index contributed by atoms with van der Waals surface area (Å²) in [6, 6.07) is 19.5. The van der Waals surface area contributed by atoms with Crippen LogP contribution in [0.4, 0.5) is 5.82 Å². The summed E-state index contributed by atoms with van der Waals surface area (Å²) < 4.78 is 20.6. The minimum Gasteiger partial charge on any atom is -0.593 e. The van der Waals surface area contributed by atoms with E-state index >= 15 is 0 Å². The first kappa shape index (κ1) is 27.6. The maximum atomic E-state index is 13.0. The third-order valence-corrected chi connectivity index (χ3v) is 9.18. The quantitative estimate of drug-likeness (QED) is 0.266. The molecule has 1 saturated heterocycles. The number of ether oxygens (including phenoxy) is 1. The summed E-state index contributed by atoms with van der Waals surface area (Å²) in [5.74, 6) is 1.47. The first-order valence-corrected chi connectivity index (χ1v) is 14.9. The van der Waals surface area contributed by atoms with Crippen LogP contribution < -0.4 is 10.1 Å². The molecule has 1 unspecified atom stereocenters. The van der Waals surface area contributed by atoms with Gasteiger partial charge >= 0.3 is 0 Å². The van der Waals surface area contributed by atoms with E-state index in [9.17, 15) is 14.5 Å². The number of rotatable bonds is 10. The number of benzene rings is 2. The Kier molecular flexibility index (Phi) is 8.57. The van der Waals surface area contributed by atoms with E-state index < -0.39 is 11.4 Å². The Hall–Kier alpha value is -2.91. The van der Waals surface area contributed by atoms with Gasteiger partial charge in [0, 0.05) is 29.5 Å². The number of amides is 1. The molecule has 3 aromatic rings. The number of nitrogens with one attached hydrogen (secondary N) is 1. The zero-order chi connectivity index (χ0) is 27.4. The van der Waals surface area contributed by atoms with E-state index in [0.717, 1.165) is 62.3 Å². The summed E-state index contributed by atoms with van der Waals surface area (Å²) in [5, 5.41) is 12.5. The number of pyridine rings is 1. The fraction of sp³-hybridized carbons (Fsp3) is 0.419. The number of aryl methyl sites for hydroxylation is 1. The lowest BCUT2D eigenvalue weighted by molar-refractivity contribution is -0.116. The van der Waals surface area contributed by atoms with Crippen molar-refractivity contribution in [2.75, 3.05) is 25.1 Å². The fourth-order valence-corrected chi connectivity index (χ4v) is 6.67. The van der Waals surface area contributed by atoms with Crippen molar-refractivity contribution in [3.8, 4) is 17.0 Å². The van der Waals surface area contributed by atoms with E-state index in [2.05, 4.69) is 42.3 Å². The van der Waals surface area contributed by atoms with Gasteiger partial charge in [-0.25, -0.2) is 4.98 Å². The normalized spacial score (nSPS) is 18.9. The van der Waals surface area contributed by atoms with E-state index in [0.29, 0.717) is 17.1 Å². The van der Waals surface area contributed by atoms with Crippen molar-refractivity contribution >= 4 is 23.1 Å². The molecular formula is C31H37N3O4S.